The number of nitrogens with zero attached hydrogens (tertiary/aromatic N) is 6. The number of rotatable bonds is 16. The van der Waals surface area contributed by atoms with Crippen molar-refractivity contribution < 1.29 is 116 Å². The predicted octanol–water partition coefficient (Wildman–Crippen LogP) is 11.7. The van der Waals surface area contributed by atoms with E-state index >= 15 is 0 Å². The third kappa shape index (κ3) is 21.9. The van der Waals surface area contributed by atoms with Gasteiger partial charge in [0.05, 0.1) is 88.5 Å². The molecule has 4 fully saturated rings. The Morgan fingerprint density at radius 2 is 0.992 bits per heavy atom. The molecule has 8 aliphatic rings. The fourth-order valence-electron chi connectivity index (χ4n) is 16.6. The SMILES string of the molecule is CCOC(=O)[C@@]12C[C@H]1/C=C\CCCCC[C@H](CC(=O)OC(C)(C)C)C(=O)N1C[C@@]3(CC(Cl)c4c(c(CO[Si](C)(C)C(C)(C)C)nc5ccc(OC)nc45)O3)C[C@H]1C(=O)N2.CCOC(=O)[C@@]12C[C@H]1/C=C\CCCCC[C@H](CC(=O)OC(C)(C)C)C(=O)N1C[C@@]3(CCc4c(c(CO[Si](C)(C)C(C)(C)C)nc5ccc(OC)nc45)O3)C[C@H]1C(=O)N2.[B].[H-].[Na+]. The van der Waals surface area contributed by atoms with Crippen molar-refractivity contribution in [3.63, 3.8) is 0 Å². The second-order valence-corrected chi connectivity index (χ2v) is 48.6. The van der Waals surface area contributed by atoms with E-state index in [9.17, 15) is 38.4 Å². The van der Waals surface area contributed by atoms with Crippen LogP contribution in [0.3, 0.4) is 0 Å². The maximum atomic E-state index is 15.0. The summed E-state index contributed by atoms with van der Waals surface area (Å²) < 4.78 is 61.1. The number of ether oxygens (including phenoxy) is 8. The van der Waals surface area contributed by atoms with Crippen LogP contribution in [-0.2, 0) is 85.8 Å². The summed E-state index contributed by atoms with van der Waals surface area (Å²) in [6.07, 6.45) is 17.6. The fourth-order valence-corrected chi connectivity index (χ4v) is 18.9. The molecule has 2 aliphatic carbocycles. The van der Waals surface area contributed by atoms with Gasteiger partial charge in [-0.15, -0.1) is 11.6 Å². The van der Waals surface area contributed by atoms with Gasteiger partial charge in [-0.25, -0.2) is 29.5 Å². The molecule has 3 radical (unpaired) electrons. The van der Waals surface area contributed by atoms with Crippen LogP contribution in [-0.4, -0.2) is 188 Å². The zero-order valence-electron chi connectivity index (χ0n) is 75.3. The number of hydrogen-bond acceptors (Lipinski definition) is 22. The first-order valence-electron chi connectivity index (χ1n) is 42.2. The maximum absolute atomic E-state index is 15.0. The zero-order valence-corrected chi connectivity index (χ0v) is 79.1. The summed E-state index contributed by atoms with van der Waals surface area (Å²) in [6.45, 7) is 36.9. The van der Waals surface area contributed by atoms with E-state index in [1.165, 1.54) is 0 Å². The molecular weight excluding hydrogens is 1580 g/mol. The summed E-state index contributed by atoms with van der Waals surface area (Å²) in [5.74, 6) is -3.61. The number of alkyl halides is 1. The number of allylic oxidation sites excluding steroid dienone is 2. The third-order valence-electron chi connectivity index (χ3n) is 25.2. The number of halogens is 1. The molecule has 2 saturated carbocycles. The Balaban J connectivity index is 0.000000291. The van der Waals surface area contributed by atoms with Gasteiger partial charge in [-0.05, 0) is 168 Å². The van der Waals surface area contributed by atoms with Gasteiger partial charge in [0.15, 0.2) is 22.4 Å². The van der Waals surface area contributed by atoms with Crippen molar-refractivity contribution in [2.75, 3.05) is 40.5 Å². The van der Waals surface area contributed by atoms with Gasteiger partial charge >= 0.3 is 53.4 Å². The molecule has 2 saturated heterocycles. The number of hydrogen-bond donors (Lipinski definition) is 2. The van der Waals surface area contributed by atoms with Crippen molar-refractivity contribution in [1.29, 1.82) is 0 Å². The first kappa shape index (κ1) is 96.1. The molecule has 647 valence electrons. The Hall–Kier alpha value is -6.73. The average Bonchev–Trinajstić information content (AvgIpc) is 1.47. The van der Waals surface area contributed by atoms with Crippen LogP contribution in [0.2, 0.25) is 36.3 Å². The summed E-state index contributed by atoms with van der Waals surface area (Å²) >= 11 is 7.44. The zero-order chi connectivity index (χ0) is 85.4. The van der Waals surface area contributed by atoms with Crippen molar-refractivity contribution in [3.8, 4) is 23.3 Å². The summed E-state index contributed by atoms with van der Waals surface area (Å²) in [5, 5.41) is 5.37. The number of fused-ring (bicyclic) bond motifs is 10. The smallest absolute Gasteiger partial charge is 1.00 e. The number of carbonyl (C=O) groups excluding carboxylic acids is 8. The van der Waals surface area contributed by atoms with Crippen LogP contribution >= 0.6 is 11.6 Å². The van der Waals surface area contributed by atoms with Gasteiger partial charge in [-0.1, -0.05) is 91.5 Å². The average molecular weight is 1710 g/mol. The molecule has 4 amide bonds. The van der Waals surface area contributed by atoms with Crippen molar-refractivity contribution in [1.82, 2.24) is 40.4 Å². The summed E-state index contributed by atoms with van der Waals surface area (Å²) in [6, 6.07) is 5.24. The monoisotopic (exact) mass is 1710 g/mol. The molecule has 0 bridgehead atoms. The van der Waals surface area contributed by atoms with Gasteiger partial charge in [0.2, 0.25) is 35.4 Å². The van der Waals surface area contributed by atoms with E-state index in [0.29, 0.717) is 107 Å². The second-order valence-electron chi connectivity index (χ2n) is 38.4. The van der Waals surface area contributed by atoms with Crippen molar-refractivity contribution in [3.05, 3.63) is 71.1 Å². The molecule has 2 spiro atoms. The first-order chi connectivity index (χ1) is 54.8. The molecule has 0 aromatic carbocycles. The molecule has 31 heteroatoms. The van der Waals surface area contributed by atoms with E-state index in [-0.39, 0.29) is 145 Å². The number of aromatic nitrogens is 4. The van der Waals surface area contributed by atoms with Gasteiger partial charge in [0, 0.05) is 74.6 Å². The first-order valence-corrected chi connectivity index (χ1v) is 48.5. The molecule has 26 nitrogen and oxygen atoms in total. The summed E-state index contributed by atoms with van der Waals surface area (Å²) in [7, 11) is -1.37. The topological polar surface area (TPSA) is 311 Å². The quantitative estimate of drug-likeness (QED) is 0.0346. The van der Waals surface area contributed by atoms with E-state index < -0.39 is 115 Å². The molecule has 2 N–H and O–H groups in total. The van der Waals surface area contributed by atoms with Crippen LogP contribution in [0.5, 0.6) is 23.3 Å². The van der Waals surface area contributed by atoms with Crippen LogP contribution in [0, 0.1) is 23.7 Å². The minimum atomic E-state index is -2.27. The molecule has 119 heavy (non-hydrogen) atoms. The number of nitrogens with one attached hydrogen (secondary N) is 2. The fraction of sp³-hybridized carbons (Fsp3) is 0.682. The molecule has 4 aromatic heterocycles. The Morgan fingerprint density at radius 3 is 1.43 bits per heavy atom. The maximum Gasteiger partial charge on any atom is 1.00 e. The van der Waals surface area contributed by atoms with E-state index in [0.717, 1.165) is 50.5 Å². The Labute approximate surface area is 735 Å². The number of pyridine rings is 4. The van der Waals surface area contributed by atoms with Gasteiger partial charge in [-0.3, -0.25) is 28.8 Å². The molecular formula is C88H128BClN8NaO18Si2. The van der Waals surface area contributed by atoms with Crippen molar-refractivity contribution >= 4 is 106 Å². The van der Waals surface area contributed by atoms with Gasteiger partial charge in [-0.2, -0.15) is 0 Å². The summed E-state index contributed by atoms with van der Waals surface area (Å²) in [4.78, 5) is 136. The molecule has 11 atom stereocenters. The van der Waals surface area contributed by atoms with Crippen LogP contribution in [0.15, 0.2) is 48.6 Å². The van der Waals surface area contributed by atoms with E-state index in [4.69, 9.17) is 78.3 Å². The third-order valence-corrected chi connectivity index (χ3v) is 34.5. The number of aryl methyl sites for hydroxylation is 1. The van der Waals surface area contributed by atoms with Crippen molar-refractivity contribution in [2.45, 2.75) is 319 Å². The van der Waals surface area contributed by atoms with Gasteiger partial charge < -0.3 is 68.6 Å². The number of esters is 4. The molecule has 1 unspecified atom stereocenters. The summed E-state index contributed by atoms with van der Waals surface area (Å²) in [5.41, 5.74) is -0.829. The minimum absolute atomic E-state index is 0. The molecule has 12 rings (SSSR count). The largest absolute Gasteiger partial charge is 1.00 e. The van der Waals surface area contributed by atoms with E-state index in [2.05, 4.69) is 90.5 Å². The van der Waals surface area contributed by atoms with Crippen LogP contribution in [0.4, 0.5) is 0 Å². The molecule has 10 heterocycles. The van der Waals surface area contributed by atoms with Crippen LogP contribution in [0.1, 0.15) is 242 Å². The normalized spacial score (nSPS) is 27.3. The van der Waals surface area contributed by atoms with E-state index in [1.54, 1.807) is 91.5 Å². The van der Waals surface area contributed by atoms with Crippen molar-refractivity contribution in [2.24, 2.45) is 23.7 Å². The molecule has 4 aromatic rings. The number of carbonyl (C=O) groups is 8. The standard InChI is InChI=1S/C44H63ClN4O9Si.C44H64N4O9Si.B.Na.H/c1-11-55-40(53)44-22-28(44)18-16-14-12-13-15-17-27(21-34(50)57-41(2,3)4)39(52)49-26-43(24-32(49)38(51)48-44)23-29(45)35-36-30(19-20-33(47-36)54-8)46-31(37(35)58-43)25-56-59(9,10)42(5,6)7;1-11-54-40(52)44-24-29(44)18-16-14-12-13-15-17-28(23-35(49)56-41(2,3)4)39(51)48-27-43(25-33(48)38(50)47-44)22-21-30-36-31(19-20-34(46-36)53-8)45-32(37(30)57-43)26-55-58(9,10)42(5,6)7;;;/h16,18-20,27-29,32H,11-15,17,21-26H2,1-10H3,(H,48,51);16,18-20,28-29,33H,11-15,17,21-27H2,1-10H3,(H,47,50);;;/q;;;+1;-1/b2*18-16-;;;/t27-,28-,29?,32+,43-,44-;28-,29-,33+,43-,44-;;;/m11.../s1. The Kier molecular flexibility index (Phi) is 30.5. The predicted molar refractivity (Wildman–Crippen MR) is 455 cm³/mol. The van der Waals surface area contributed by atoms with Crippen LogP contribution in [0.25, 0.3) is 22.1 Å². The molecule has 6 aliphatic heterocycles. The van der Waals surface area contributed by atoms with Gasteiger partial charge in [0.25, 0.3) is 0 Å². The van der Waals surface area contributed by atoms with Gasteiger partial charge in [0.1, 0.15) is 68.2 Å². The van der Waals surface area contributed by atoms with E-state index in [1.807, 2.05) is 24.3 Å². The Bertz CT molecular complexity index is 4500. The number of amides is 4. The number of methoxy groups -OCH3 is 2. The van der Waals surface area contributed by atoms with Crippen LogP contribution < -0.4 is 59.1 Å². The minimum Gasteiger partial charge on any atom is -1.00 e. The second kappa shape index (κ2) is 37.8. The Morgan fingerprint density at radius 1 is 0.571 bits per heavy atom.